The summed E-state index contributed by atoms with van der Waals surface area (Å²) in [5.74, 6) is 1.30. The molecule has 0 saturated carbocycles. The van der Waals surface area contributed by atoms with E-state index in [1.54, 1.807) is 12.5 Å². The summed E-state index contributed by atoms with van der Waals surface area (Å²) in [6.45, 7) is 3.92. The molecule has 2 heterocycles. The molecule has 15 heavy (non-hydrogen) atoms. The van der Waals surface area contributed by atoms with Crippen molar-refractivity contribution in [1.82, 2.24) is 9.97 Å². The number of anilines is 1. The molecule has 4 heteroatoms. The lowest BCUT2D eigenvalue weighted by Crippen LogP contribution is -2.03. The Morgan fingerprint density at radius 3 is 2.80 bits per heavy atom. The fourth-order valence-electron chi connectivity index (χ4n) is 1.42. The van der Waals surface area contributed by atoms with Gasteiger partial charge in [0, 0.05) is 17.5 Å². The molecule has 0 aliphatic heterocycles. The van der Waals surface area contributed by atoms with Gasteiger partial charge in [-0.3, -0.25) is 0 Å². The lowest BCUT2D eigenvalue weighted by atomic mass is 10.1. The third kappa shape index (κ3) is 1.70. The molecule has 0 aromatic carbocycles. The Morgan fingerprint density at radius 1 is 1.40 bits per heavy atom. The second kappa shape index (κ2) is 3.73. The first-order valence-electron chi connectivity index (χ1n) is 4.88. The highest BCUT2D eigenvalue weighted by atomic mass is 16.3. The largest absolute Gasteiger partial charge is 0.472 e. The second-order valence-electron chi connectivity index (χ2n) is 3.36. The Kier molecular flexibility index (Phi) is 2.41. The van der Waals surface area contributed by atoms with Crippen LogP contribution >= 0.6 is 0 Å². The highest BCUT2D eigenvalue weighted by Gasteiger charge is 2.10. The van der Waals surface area contributed by atoms with Crippen molar-refractivity contribution in [2.75, 3.05) is 5.73 Å². The summed E-state index contributed by atoms with van der Waals surface area (Å²) in [6.07, 6.45) is 4.06. The molecule has 0 aliphatic rings. The van der Waals surface area contributed by atoms with Gasteiger partial charge in [0.25, 0.3) is 0 Å². The summed E-state index contributed by atoms with van der Waals surface area (Å²) in [7, 11) is 0. The molecule has 0 atom stereocenters. The number of nitrogens with two attached hydrogens (primary N) is 1. The van der Waals surface area contributed by atoms with E-state index >= 15 is 0 Å². The average molecular weight is 203 g/mol. The summed E-state index contributed by atoms with van der Waals surface area (Å²) in [6, 6.07) is 1.87. The Labute approximate surface area is 88.2 Å². The Morgan fingerprint density at radius 2 is 2.20 bits per heavy atom. The maximum Gasteiger partial charge on any atom is 0.131 e. The van der Waals surface area contributed by atoms with Crippen LogP contribution < -0.4 is 5.73 Å². The van der Waals surface area contributed by atoms with E-state index in [2.05, 4.69) is 9.97 Å². The van der Waals surface area contributed by atoms with Gasteiger partial charge >= 0.3 is 0 Å². The molecule has 0 unspecified atom stereocenters. The minimum absolute atomic E-state index is 0.540. The van der Waals surface area contributed by atoms with Crippen LogP contribution in [0.15, 0.2) is 23.0 Å². The van der Waals surface area contributed by atoms with Crippen LogP contribution in [0, 0.1) is 6.92 Å². The highest BCUT2D eigenvalue weighted by Crippen LogP contribution is 2.24. The number of hydrogen-bond donors (Lipinski definition) is 1. The highest BCUT2D eigenvalue weighted by molar-refractivity contribution is 5.66. The van der Waals surface area contributed by atoms with Crippen LogP contribution in [0.4, 0.5) is 5.82 Å². The van der Waals surface area contributed by atoms with Gasteiger partial charge in [-0.05, 0) is 13.0 Å². The summed E-state index contributed by atoms with van der Waals surface area (Å²) in [5.41, 5.74) is 8.51. The zero-order valence-electron chi connectivity index (χ0n) is 8.82. The Balaban J connectivity index is 2.60. The van der Waals surface area contributed by atoms with Crippen molar-refractivity contribution in [2.24, 2.45) is 0 Å². The van der Waals surface area contributed by atoms with Crippen molar-refractivity contribution in [3.05, 3.63) is 30.0 Å². The molecule has 0 spiro atoms. The van der Waals surface area contributed by atoms with Gasteiger partial charge < -0.3 is 10.2 Å². The van der Waals surface area contributed by atoms with Gasteiger partial charge in [-0.1, -0.05) is 6.92 Å². The van der Waals surface area contributed by atoms with Crippen molar-refractivity contribution in [3.8, 4) is 11.3 Å². The summed E-state index contributed by atoms with van der Waals surface area (Å²) in [5, 5.41) is 0. The SMILES string of the molecule is CCc1nc(N)c(C)c(-c2ccoc2)n1. The molecule has 2 rings (SSSR count). The molecule has 0 bridgehead atoms. The van der Waals surface area contributed by atoms with E-state index in [-0.39, 0.29) is 0 Å². The van der Waals surface area contributed by atoms with Crippen LogP contribution in [0.3, 0.4) is 0 Å². The van der Waals surface area contributed by atoms with E-state index in [0.29, 0.717) is 5.82 Å². The molecule has 0 fully saturated rings. The van der Waals surface area contributed by atoms with Crippen molar-refractivity contribution in [3.63, 3.8) is 0 Å². The van der Waals surface area contributed by atoms with Crippen LogP contribution in [0.1, 0.15) is 18.3 Å². The van der Waals surface area contributed by atoms with Crippen molar-refractivity contribution >= 4 is 5.82 Å². The van der Waals surface area contributed by atoms with Crippen molar-refractivity contribution in [1.29, 1.82) is 0 Å². The molecule has 4 nitrogen and oxygen atoms in total. The lowest BCUT2D eigenvalue weighted by molar-refractivity contribution is 0.568. The third-order valence-corrected chi connectivity index (χ3v) is 2.34. The van der Waals surface area contributed by atoms with E-state index in [9.17, 15) is 0 Å². The number of rotatable bonds is 2. The number of nitrogens with zero attached hydrogens (tertiary/aromatic N) is 2. The average Bonchev–Trinajstić information content (AvgIpc) is 2.75. The predicted octanol–water partition coefficient (Wildman–Crippen LogP) is 2.19. The maximum atomic E-state index is 5.82. The van der Waals surface area contributed by atoms with Gasteiger partial charge in [0.05, 0.1) is 18.2 Å². The van der Waals surface area contributed by atoms with E-state index in [1.165, 1.54) is 0 Å². The lowest BCUT2D eigenvalue weighted by Gasteiger charge is -2.07. The van der Waals surface area contributed by atoms with Gasteiger partial charge in [-0.25, -0.2) is 9.97 Å². The maximum absolute atomic E-state index is 5.82. The standard InChI is InChI=1S/C11H13N3O/c1-3-9-13-10(7(2)11(12)14-9)8-4-5-15-6-8/h4-6H,3H2,1-2H3,(H2,12,13,14). The molecule has 2 N–H and O–H groups in total. The minimum Gasteiger partial charge on any atom is -0.472 e. The van der Waals surface area contributed by atoms with Gasteiger partial charge in [-0.15, -0.1) is 0 Å². The zero-order chi connectivity index (χ0) is 10.8. The zero-order valence-corrected chi connectivity index (χ0v) is 8.82. The smallest absolute Gasteiger partial charge is 0.131 e. The molecule has 0 aliphatic carbocycles. The van der Waals surface area contributed by atoms with Crippen LogP contribution in [0.5, 0.6) is 0 Å². The van der Waals surface area contributed by atoms with Gasteiger partial charge in [0.1, 0.15) is 11.6 Å². The first-order valence-corrected chi connectivity index (χ1v) is 4.88. The number of nitrogen functional groups attached to an aromatic ring is 1. The molecule has 2 aromatic heterocycles. The normalized spacial score (nSPS) is 10.5. The molecule has 0 saturated heterocycles. The number of hydrogen-bond acceptors (Lipinski definition) is 4. The van der Waals surface area contributed by atoms with E-state index in [1.807, 2.05) is 19.9 Å². The molecule has 0 radical (unpaired) electrons. The van der Waals surface area contributed by atoms with Crippen LogP contribution in [-0.4, -0.2) is 9.97 Å². The van der Waals surface area contributed by atoms with Crippen LogP contribution in [-0.2, 0) is 6.42 Å². The van der Waals surface area contributed by atoms with E-state index in [4.69, 9.17) is 10.2 Å². The van der Waals surface area contributed by atoms with Crippen molar-refractivity contribution < 1.29 is 4.42 Å². The molecule has 0 amide bonds. The second-order valence-corrected chi connectivity index (χ2v) is 3.36. The van der Waals surface area contributed by atoms with Gasteiger partial charge in [0.15, 0.2) is 0 Å². The Hall–Kier alpha value is -1.84. The fourth-order valence-corrected chi connectivity index (χ4v) is 1.42. The minimum atomic E-state index is 0.540. The van der Waals surface area contributed by atoms with Gasteiger partial charge in [0.2, 0.25) is 0 Å². The number of aryl methyl sites for hydroxylation is 1. The predicted molar refractivity (Wildman–Crippen MR) is 58.3 cm³/mol. The van der Waals surface area contributed by atoms with E-state index in [0.717, 1.165) is 29.1 Å². The summed E-state index contributed by atoms with van der Waals surface area (Å²) >= 11 is 0. The fraction of sp³-hybridized carbons (Fsp3) is 0.273. The van der Waals surface area contributed by atoms with Gasteiger partial charge in [-0.2, -0.15) is 0 Å². The van der Waals surface area contributed by atoms with Crippen molar-refractivity contribution in [2.45, 2.75) is 20.3 Å². The molecular weight excluding hydrogens is 190 g/mol. The van der Waals surface area contributed by atoms with Crippen LogP contribution in [0.2, 0.25) is 0 Å². The summed E-state index contributed by atoms with van der Waals surface area (Å²) in [4.78, 5) is 8.64. The first-order chi connectivity index (χ1) is 7.22. The monoisotopic (exact) mass is 203 g/mol. The molecule has 78 valence electrons. The third-order valence-electron chi connectivity index (χ3n) is 2.34. The molecule has 2 aromatic rings. The first kappa shape index (κ1) is 9.71. The molecular formula is C11H13N3O. The topological polar surface area (TPSA) is 64.9 Å². The van der Waals surface area contributed by atoms with Crippen LogP contribution in [0.25, 0.3) is 11.3 Å². The Bertz CT molecular complexity index is 463. The number of aromatic nitrogens is 2. The number of furan rings is 1. The quantitative estimate of drug-likeness (QED) is 0.812. The summed E-state index contributed by atoms with van der Waals surface area (Å²) < 4.78 is 5.04. The van der Waals surface area contributed by atoms with E-state index < -0.39 is 0 Å².